The van der Waals surface area contributed by atoms with Crippen molar-refractivity contribution in [2.75, 3.05) is 10.6 Å². The number of anilines is 2. The van der Waals surface area contributed by atoms with Crippen LogP contribution >= 0.6 is 0 Å². The summed E-state index contributed by atoms with van der Waals surface area (Å²) in [6, 6.07) is 12.9. The van der Waals surface area contributed by atoms with Crippen LogP contribution in [0.2, 0.25) is 0 Å². The third kappa shape index (κ3) is 7.45. The highest BCUT2D eigenvalue weighted by atomic mass is 16.2. The van der Waals surface area contributed by atoms with E-state index in [0.717, 1.165) is 0 Å². The lowest BCUT2D eigenvalue weighted by Crippen LogP contribution is -2.14. The second kappa shape index (κ2) is 10.6. The van der Waals surface area contributed by atoms with Crippen LogP contribution in [-0.2, 0) is 9.59 Å². The van der Waals surface area contributed by atoms with Crippen molar-refractivity contribution >= 4 is 35.0 Å². The van der Waals surface area contributed by atoms with Crippen LogP contribution < -0.4 is 22.1 Å². The van der Waals surface area contributed by atoms with Crippen molar-refractivity contribution in [2.45, 2.75) is 32.1 Å². The Hall–Kier alpha value is -3.68. The predicted octanol–water partition coefficient (Wildman–Crippen LogP) is 2.41. The Kier molecular flexibility index (Phi) is 7.90. The van der Waals surface area contributed by atoms with Crippen LogP contribution in [0.5, 0.6) is 0 Å². The summed E-state index contributed by atoms with van der Waals surface area (Å²) in [5.74, 6) is -1.44. The maximum absolute atomic E-state index is 12.0. The molecule has 152 valence electrons. The molecule has 0 heterocycles. The van der Waals surface area contributed by atoms with Gasteiger partial charge in [-0.1, -0.05) is 18.6 Å². The molecule has 0 bridgehead atoms. The van der Waals surface area contributed by atoms with E-state index in [1.54, 1.807) is 36.4 Å². The molecule has 0 aliphatic carbocycles. The van der Waals surface area contributed by atoms with Crippen molar-refractivity contribution in [2.24, 2.45) is 11.5 Å². The quantitative estimate of drug-likeness (QED) is 0.457. The lowest BCUT2D eigenvalue weighted by molar-refractivity contribution is -0.116. The highest BCUT2D eigenvalue weighted by Gasteiger charge is 2.07. The second-order valence-corrected chi connectivity index (χ2v) is 6.55. The lowest BCUT2D eigenvalue weighted by Gasteiger charge is -2.07. The van der Waals surface area contributed by atoms with E-state index in [2.05, 4.69) is 10.6 Å². The summed E-state index contributed by atoms with van der Waals surface area (Å²) in [4.78, 5) is 46.3. The monoisotopic (exact) mass is 396 g/mol. The molecule has 8 nitrogen and oxygen atoms in total. The Bertz CT molecular complexity index is 838. The van der Waals surface area contributed by atoms with Crippen molar-refractivity contribution < 1.29 is 19.2 Å². The molecular weight excluding hydrogens is 372 g/mol. The summed E-state index contributed by atoms with van der Waals surface area (Å²) < 4.78 is 0. The number of carbonyl (C=O) groups excluding carboxylic acids is 4. The maximum atomic E-state index is 12.0. The molecule has 0 fully saturated rings. The first kappa shape index (κ1) is 21.6. The van der Waals surface area contributed by atoms with Gasteiger partial charge in [0, 0.05) is 35.3 Å². The number of primary amides is 2. The van der Waals surface area contributed by atoms with E-state index >= 15 is 0 Å². The van der Waals surface area contributed by atoms with Gasteiger partial charge >= 0.3 is 0 Å². The molecule has 2 aromatic carbocycles. The van der Waals surface area contributed by atoms with Gasteiger partial charge in [-0.2, -0.15) is 0 Å². The second-order valence-electron chi connectivity index (χ2n) is 6.55. The summed E-state index contributed by atoms with van der Waals surface area (Å²) in [5, 5.41) is 5.44. The minimum absolute atomic E-state index is 0.167. The molecule has 4 amide bonds. The van der Waals surface area contributed by atoms with Crippen LogP contribution in [0, 0.1) is 0 Å². The molecule has 0 aliphatic rings. The molecule has 8 heteroatoms. The fourth-order valence-corrected chi connectivity index (χ4v) is 2.70. The Morgan fingerprint density at radius 2 is 1.07 bits per heavy atom. The van der Waals surface area contributed by atoms with Crippen LogP contribution in [-0.4, -0.2) is 23.6 Å². The van der Waals surface area contributed by atoms with Crippen LogP contribution in [0.1, 0.15) is 52.8 Å². The zero-order chi connectivity index (χ0) is 21.2. The number of amides is 4. The first-order valence-corrected chi connectivity index (χ1v) is 9.24. The predicted molar refractivity (Wildman–Crippen MR) is 110 cm³/mol. The standard InChI is InChI=1S/C21H24N4O4/c22-20(28)14-6-4-8-16(12-14)24-18(26)10-2-1-3-11-19(27)25-17-9-5-7-15(13-17)21(23)29/h4-9,12-13H,1-3,10-11H2,(H2,22,28)(H2,23,29)(H,24,26)(H,25,27). The number of nitrogens with two attached hydrogens (primary N) is 2. The molecule has 0 aromatic heterocycles. The van der Waals surface area contributed by atoms with Gasteiger partial charge in [0.1, 0.15) is 0 Å². The Balaban J connectivity index is 1.66. The molecule has 6 N–H and O–H groups in total. The average Bonchev–Trinajstić information content (AvgIpc) is 2.68. The van der Waals surface area contributed by atoms with Gasteiger partial charge in [0.15, 0.2) is 0 Å². The van der Waals surface area contributed by atoms with Crippen molar-refractivity contribution in [1.29, 1.82) is 0 Å². The molecule has 0 spiro atoms. The molecule has 2 aromatic rings. The SMILES string of the molecule is NC(=O)c1cccc(NC(=O)CCCCCC(=O)Nc2cccc(C(N)=O)c2)c1. The molecule has 29 heavy (non-hydrogen) atoms. The van der Waals surface area contributed by atoms with Crippen molar-refractivity contribution in [3.63, 3.8) is 0 Å². The highest BCUT2D eigenvalue weighted by Crippen LogP contribution is 2.13. The number of rotatable bonds is 10. The van der Waals surface area contributed by atoms with Gasteiger partial charge in [-0.15, -0.1) is 0 Å². The summed E-state index contributed by atoms with van der Waals surface area (Å²) >= 11 is 0. The fraction of sp³-hybridized carbons (Fsp3) is 0.238. The van der Waals surface area contributed by atoms with Crippen molar-refractivity contribution in [3.8, 4) is 0 Å². The first-order chi connectivity index (χ1) is 13.8. The third-order valence-electron chi connectivity index (χ3n) is 4.17. The number of benzene rings is 2. The summed E-state index contributed by atoms with van der Waals surface area (Å²) in [7, 11) is 0. The van der Waals surface area contributed by atoms with E-state index in [1.165, 1.54) is 12.1 Å². The minimum Gasteiger partial charge on any atom is -0.366 e. The molecule has 0 aliphatic heterocycles. The highest BCUT2D eigenvalue weighted by molar-refractivity contribution is 5.97. The van der Waals surface area contributed by atoms with Crippen LogP contribution in [0.25, 0.3) is 0 Å². The maximum Gasteiger partial charge on any atom is 0.248 e. The lowest BCUT2D eigenvalue weighted by atomic mass is 10.1. The molecule has 0 saturated heterocycles. The molecule has 0 saturated carbocycles. The van der Waals surface area contributed by atoms with Crippen molar-refractivity contribution in [3.05, 3.63) is 59.7 Å². The molecule has 2 rings (SSSR count). The zero-order valence-electron chi connectivity index (χ0n) is 15.9. The summed E-state index contributed by atoms with van der Waals surface area (Å²) in [6.07, 6.45) is 2.59. The molecule has 0 radical (unpaired) electrons. The van der Waals surface area contributed by atoms with Gasteiger partial charge in [-0.3, -0.25) is 19.2 Å². The number of unbranched alkanes of at least 4 members (excludes halogenated alkanes) is 2. The zero-order valence-corrected chi connectivity index (χ0v) is 15.9. The molecule has 0 atom stereocenters. The summed E-state index contributed by atoms with van der Waals surface area (Å²) in [6.45, 7) is 0. The number of carbonyl (C=O) groups is 4. The summed E-state index contributed by atoms with van der Waals surface area (Å²) in [5.41, 5.74) is 12.1. The number of hydrogen-bond donors (Lipinski definition) is 4. The van der Waals surface area contributed by atoms with Gasteiger partial charge in [0.25, 0.3) is 0 Å². The molecule has 0 unspecified atom stereocenters. The van der Waals surface area contributed by atoms with Gasteiger partial charge in [0.05, 0.1) is 0 Å². The minimum atomic E-state index is -0.555. The van der Waals surface area contributed by atoms with Gasteiger partial charge < -0.3 is 22.1 Å². The fourth-order valence-electron chi connectivity index (χ4n) is 2.70. The topological polar surface area (TPSA) is 144 Å². The van der Waals surface area contributed by atoms with Crippen LogP contribution in [0.15, 0.2) is 48.5 Å². The van der Waals surface area contributed by atoms with E-state index < -0.39 is 11.8 Å². The van der Waals surface area contributed by atoms with Gasteiger partial charge in [-0.25, -0.2) is 0 Å². The van der Waals surface area contributed by atoms with Crippen LogP contribution in [0.3, 0.4) is 0 Å². The smallest absolute Gasteiger partial charge is 0.248 e. The van der Waals surface area contributed by atoms with E-state index in [0.29, 0.717) is 54.6 Å². The third-order valence-corrected chi connectivity index (χ3v) is 4.17. The normalized spacial score (nSPS) is 10.2. The van der Waals surface area contributed by atoms with E-state index in [1.807, 2.05) is 0 Å². The largest absolute Gasteiger partial charge is 0.366 e. The Morgan fingerprint density at radius 1 is 0.655 bits per heavy atom. The average molecular weight is 396 g/mol. The van der Waals surface area contributed by atoms with Gasteiger partial charge in [0.2, 0.25) is 23.6 Å². The van der Waals surface area contributed by atoms with Crippen LogP contribution in [0.4, 0.5) is 11.4 Å². The Labute approximate surface area is 168 Å². The number of hydrogen-bond acceptors (Lipinski definition) is 4. The van der Waals surface area contributed by atoms with Crippen molar-refractivity contribution in [1.82, 2.24) is 0 Å². The molecular formula is C21H24N4O4. The van der Waals surface area contributed by atoms with Gasteiger partial charge in [-0.05, 0) is 49.2 Å². The van der Waals surface area contributed by atoms with E-state index in [9.17, 15) is 19.2 Å². The van der Waals surface area contributed by atoms with E-state index in [-0.39, 0.29) is 11.8 Å². The first-order valence-electron chi connectivity index (χ1n) is 9.24. The number of nitrogens with one attached hydrogen (secondary N) is 2. The Morgan fingerprint density at radius 3 is 1.45 bits per heavy atom. The van der Waals surface area contributed by atoms with E-state index in [4.69, 9.17) is 11.5 Å².